The molecule has 0 bridgehead atoms. The molecule has 1 atom stereocenters. The van der Waals surface area contributed by atoms with Crippen LogP contribution < -0.4 is 0 Å². The summed E-state index contributed by atoms with van der Waals surface area (Å²) in [5.74, 6) is 0.235. The Morgan fingerprint density at radius 3 is 3.12 bits per heavy atom. The minimum absolute atomic E-state index is 0.239. The third-order valence-corrected chi connectivity index (χ3v) is 3.35. The van der Waals surface area contributed by atoms with Crippen molar-refractivity contribution in [2.75, 3.05) is 19.8 Å². The van der Waals surface area contributed by atoms with E-state index in [1.54, 1.807) is 13.0 Å². The Balaban J connectivity index is 2.30. The first-order valence-corrected chi connectivity index (χ1v) is 6.02. The van der Waals surface area contributed by atoms with E-state index >= 15 is 0 Å². The summed E-state index contributed by atoms with van der Waals surface area (Å²) in [4.78, 5) is 10.7. The standard InChI is InChI=1S/C12H15ClO4/c1-2-16-11(15)9-5-8-3-4-17-10(8)12(13,6-9)7-14/h5,14H,2-4,6-7H2,1H3. The third kappa shape index (κ3) is 2.19. The van der Waals surface area contributed by atoms with Crippen LogP contribution >= 0.6 is 11.6 Å². The van der Waals surface area contributed by atoms with Crippen molar-refractivity contribution >= 4 is 17.6 Å². The minimum atomic E-state index is -1.01. The van der Waals surface area contributed by atoms with Crippen molar-refractivity contribution < 1.29 is 19.4 Å². The topological polar surface area (TPSA) is 55.8 Å². The largest absolute Gasteiger partial charge is 0.495 e. The number of aliphatic hydroxyl groups excluding tert-OH is 1. The van der Waals surface area contributed by atoms with Gasteiger partial charge in [0.1, 0.15) is 10.6 Å². The van der Waals surface area contributed by atoms with Gasteiger partial charge in [-0.3, -0.25) is 0 Å². The summed E-state index contributed by atoms with van der Waals surface area (Å²) in [5.41, 5.74) is 1.39. The second-order valence-electron chi connectivity index (χ2n) is 4.14. The average Bonchev–Trinajstić information content (AvgIpc) is 2.78. The zero-order chi connectivity index (χ0) is 12.5. The second-order valence-corrected chi connectivity index (χ2v) is 4.87. The molecule has 17 heavy (non-hydrogen) atoms. The molecule has 0 aromatic carbocycles. The van der Waals surface area contributed by atoms with E-state index in [1.807, 2.05) is 0 Å². The first kappa shape index (κ1) is 12.5. The van der Waals surface area contributed by atoms with Crippen molar-refractivity contribution in [3.8, 4) is 0 Å². The fourth-order valence-corrected chi connectivity index (χ4v) is 2.47. The highest BCUT2D eigenvalue weighted by molar-refractivity contribution is 6.26. The molecule has 1 aliphatic carbocycles. The lowest BCUT2D eigenvalue weighted by molar-refractivity contribution is -0.138. The maximum absolute atomic E-state index is 11.7. The number of carbonyl (C=O) groups is 1. The monoisotopic (exact) mass is 258 g/mol. The Labute approximate surface area is 105 Å². The summed E-state index contributed by atoms with van der Waals surface area (Å²) in [5, 5.41) is 9.40. The number of alkyl halides is 1. The van der Waals surface area contributed by atoms with E-state index in [9.17, 15) is 9.90 Å². The van der Waals surface area contributed by atoms with Crippen LogP contribution in [-0.2, 0) is 14.3 Å². The second kappa shape index (κ2) is 4.70. The maximum Gasteiger partial charge on any atom is 0.334 e. The number of hydrogen-bond acceptors (Lipinski definition) is 4. The number of allylic oxidation sites excluding steroid dienone is 1. The van der Waals surface area contributed by atoms with E-state index < -0.39 is 4.87 Å². The van der Waals surface area contributed by atoms with Crippen LogP contribution in [0.2, 0.25) is 0 Å². The molecule has 1 aliphatic heterocycles. The highest BCUT2D eigenvalue weighted by Crippen LogP contribution is 2.42. The van der Waals surface area contributed by atoms with Crippen molar-refractivity contribution in [2.45, 2.75) is 24.6 Å². The van der Waals surface area contributed by atoms with Gasteiger partial charge in [-0.2, -0.15) is 0 Å². The molecule has 0 amide bonds. The molecule has 94 valence electrons. The van der Waals surface area contributed by atoms with Crippen LogP contribution in [0.1, 0.15) is 19.8 Å². The van der Waals surface area contributed by atoms with Gasteiger partial charge < -0.3 is 14.6 Å². The average molecular weight is 259 g/mol. The lowest BCUT2D eigenvalue weighted by atomic mass is 9.88. The molecule has 1 N–H and O–H groups in total. The highest BCUT2D eigenvalue weighted by atomic mass is 35.5. The molecular formula is C12H15ClO4. The molecule has 1 unspecified atom stereocenters. The first-order valence-electron chi connectivity index (χ1n) is 5.64. The first-order chi connectivity index (χ1) is 8.10. The van der Waals surface area contributed by atoms with Gasteiger partial charge in [-0.25, -0.2) is 4.79 Å². The molecule has 1 heterocycles. The predicted octanol–water partition coefficient (Wildman–Crippen LogP) is 1.52. The van der Waals surface area contributed by atoms with Crippen LogP contribution in [0.3, 0.4) is 0 Å². The van der Waals surface area contributed by atoms with Crippen molar-refractivity contribution in [1.29, 1.82) is 0 Å². The van der Waals surface area contributed by atoms with Gasteiger partial charge in [0.2, 0.25) is 0 Å². The number of halogens is 1. The number of hydrogen-bond donors (Lipinski definition) is 1. The van der Waals surface area contributed by atoms with Crippen molar-refractivity contribution in [3.05, 3.63) is 23.0 Å². The van der Waals surface area contributed by atoms with Crippen LogP contribution in [0.5, 0.6) is 0 Å². The quantitative estimate of drug-likeness (QED) is 0.616. The van der Waals surface area contributed by atoms with Gasteiger partial charge in [-0.05, 0) is 18.6 Å². The van der Waals surface area contributed by atoms with E-state index in [0.717, 1.165) is 5.57 Å². The number of carbonyl (C=O) groups excluding carboxylic acids is 1. The van der Waals surface area contributed by atoms with Gasteiger partial charge in [0.05, 0.1) is 19.8 Å². The number of aliphatic hydroxyl groups is 1. The van der Waals surface area contributed by atoms with E-state index in [2.05, 4.69) is 0 Å². The van der Waals surface area contributed by atoms with Gasteiger partial charge in [-0.15, -0.1) is 11.6 Å². The predicted molar refractivity (Wildman–Crippen MR) is 62.6 cm³/mol. The normalized spacial score (nSPS) is 27.4. The fraction of sp³-hybridized carbons (Fsp3) is 0.583. The third-order valence-electron chi connectivity index (χ3n) is 2.92. The molecule has 0 spiro atoms. The van der Waals surface area contributed by atoms with Crippen LogP contribution in [0.15, 0.2) is 23.0 Å². The van der Waals surface area contributed by atoms with Gasteiger partial charge in [0.15, 0.2) is 0 Å². The zero-order valence-electron chi connectivity index (χ0n) is 9.66. The highest BCUT2D eigenvalue weighted by Gasteiger charge is 2.42. The Bertz CT molecular complexity index is 399. The van der Waals surface area contributed by atoms with E-state index in [4.69, 9.17) is 21.1 Å². The minimum Gasteiger partial charge on any atom is -0.495 e. The van der Waals surface area contributed by atoms with Gasteiger partial charge in [-0.1, -0.05) is 0 Å². The van der Waals surface area contributed by atoms with Crippen molar-refractivity contribution in [3.63, 3.8) is 0 Å². The van der Waals surface area contributed by atoms with E-state index in [1.165, 1.54) is 0 Å². The summed E-state index contributed by atoms with van der Waals surface area (Å²) in [6, 6.07) is 0. The van der Waals surface area contributed by atoms with Crippen LogP contribution in [-0.4, -0.2) is 35.8 Å². The Morgan fingerprint density at radius 2 is 2.47 bits per heavy atom. The molecule has 0 aromatic rings. The molecule has 0 radical (unpaired) electrons. The van der Waals surface area contributed by atoms with Crippen LogP contribution in [0.4, 0.5) is 0 Å². The lowest BCUT2D eigenvalue weighted by Crippen LogP contribution is -2.34. The molecule has 0 saturated carbocycles. The lowest BCUT2D eigenvalue weighted by Gasteiger charge is -2.29. The summed E-state index contributed by atoms with van der Waals surface area (Å²) in [7, 11) is 0. The number of ether oxygens (including phenoxy) is 2. The molecule has 5 heteroatoms. The number of esters is 1. The zero-order valence-corrected chi connectivity index (χ0v) is 10.4. The SMILES string of the molecule is CCOC(=O)C1=CC2=C(OCC2)C(Cl)(CO)C1. The summed E-state index contributed by atoms with van der Waals surface area (Å²) in [6.45, 7) is 2.37. The summed E-state index contributed by atoms with van der Waals surface area (Å²) < 4.78 is 10.4. The molecule has 4 nitrogen and oxygen atoms in total. The molecule has 2 aliphatic rings. The molecule has 0 aromatic heterocycles. The molecular weight excluding hydrogens is 244 g/mol. The van der Waals surface area contributed by atoms with E-state index in [-0.39, 0.29) is 19.0 Å². The number of rotatable bonds is 3. The molecule has 2 rings (SSSR count). The van der Waals surface area contributed by atoms with Gasteiger partial charge in [0, 0.05) is 18.4 Å². The Hall–Kier alpha value is -1.00. The fourth-order valence-electron chi connectivity index (χ4n) is 2.15. The molecule has 0 saturated heterocycles. The van der Waals surface area contributed by atoms with Crippen LogP contribution in [0.25, 0.3) is 0 Å². The van der Waals surface area contributed by atoms with E-state index in [0.29, 0.717) is 31.0 Å². The summed E-state index contributed by atoms with van der Waals surface area (Å²) >= 11 is 6.32. The van der Waals surface area contributed by atoms with Gasteiger partial charge in [0.25, 0.3) is 0 Å². The molecule has 0 fully saturated rings. The Kier molecular flexibility index (Phi) is 3.45. The van der Waals surface area contributed by atoms with Crippen molar-refractivity contribution in [2.24, 2.45) is 0 Å². The maximum atomic E-state index is 11.7. The smallest absolute Gasteiger partial charge is 0.334 e. The van der Waals surface area contributed by atoms with Gasteiger partial charge >= 0.3 is 5.97 Å². The summed E-state index contributed by atoms with van der Waals surface area (Å²) in [6.07, 6.45) is 2.73. The van der Waals surface area contributed by atoms with Crippen molar-refractivity contribution in [1.82, 2.24) is 0 Å². The Morgan fingerprint density at radius 1 is 1.71 bits per heavy atom. The van der Waals surface area contributed by atoms with Crippen LogP contribution in [0, 0.1) is 0 Å².